The molecule has 6 amide bonds. The van der Waals surface area contributed by atoms with Gasteiger partial charge in [-0.25, -0.2) is 0 Å². The molecular formula is C42H62N6O8. The van der Waals surface area contributed by atoms with Crippen LogP contribution >= 0.6 is 0 Å². The van der Waals surface area contributed by atoms with Crippen molar-refractivity contribution in [1.29, 1.82) is 0 Å². The van der Waals surface area contributed by atoms with Crippen molar-refractivity contribution in [3.8, 4) is 11.5 Å². The van der Waals surface area contributed by atoms with Gasteiger partial charge < -0.3 is 42.1 Å². The van der Waals surface area contributed by atoms with E-state index in [4.69, 9.17) is 0 Å². The van der Waals surface area contributed by atoms with Crippen LogP contribution in [0.4, 0.5) is 0 Å². The van der Waals surface area contributed by atoms with Gasteiger partial charge >= 0.3 is 0 Å². The first kappa shape index (κ1) is 45.3. The number of nitrogens with one attached hydrogen (secondary N) is 6. The third-order valence-corrected chi connectivity index (χ3v) is 10.3. The van der Waals surface area contributed by atoms with Crippen LogP contribution in [-0.2, 0) is 41.6 Å². The minimum atomic E-state index is -1.22. The SMILES string of the molecule is CC[C@H](C)[C@@H]1NC(=O)[C@@H](Cc2ccc(O)cc2)NC(=O)[C@@H]([C@@H](C)CC)NC(=O)[C@H](Cc2ccc(O)cc2)NC(=O)[C@@H](CC(C)C)NC(=O)[C@H](CC(C)C)NC1=O. The summed E-state index contributed by atoms with van der Waals surface area (Å²) >= 11 is 0. The second-order valence-corrected chi connectivity index (χ2v) is 16.0. The van der Waals surface area contributed by atoms with E-state index in [0.717, 1.165) is 0 Å². The molecule has 2 aromatic carbocycles. The molecule has 1 aliphatic heterocycles. The van der Waals surface area contributed by atoms with Gasteiger partial charge in [0.05, 0.1) is 0 Å². The standard InChI is InChI=1S/C42H62N6O8/c1-9-25(7)35-41(55)45-32(20-24(5)6)38(52)43-31(19-23(3)4)37(51)44-33(21-27-11-15-29(49)16-12-27)39(53)47-36(26(8)10-2)42(56)46-34(40(54)48-35)22-28-13-17-30(50)18-14-28/h11-18,23-26,31-36,49-50H,9-10,19-22H2,1-8H3,(H,43,52)(H,44,51)(H,45,55)(H,46,56)(H,47,53)(H,48,54)/t25-,26-,31+,32-,33-,34+,35-,36+/m0/s1. The highest BCUT2D eigenvalue weighted by Crippen LogP contribution is 2.18. The Kier molecular flexibility index (Phi) is 17.2. The highest BCUT2D eigenvalue weighted by Gasteiger charge is 2.37. The van der Waals surface area contributed by atoms with E-state index in [1.165, 1.54) is 24.3 Å². The van der Waals surface area contributed by atoms with Crippen molar-refractivity contribution in [3.05, 3.63) is 59.7 Å². The van der Waals surface area contributed by atoms with E-state index in [1.54, 1.807) is 38.1 Å². The molecule has 14 nitrogen and oxygen atoms in total. The first-order valence-corrected chi connectivity index (χ1v) is 19.8. The van der Waals surface area contributed by atoms with Gasteiger partial charge in [-0.05, 0) is 71.9 Å². The second kappa shape index (κ2) is 21.2. The van der Waals surface area contributed by atoms with Crippen molar-refractivity contribution in [2.45, 2.75) is 130 Å². The molecule has 0 bridgehead atoms. The highest BCUT2D eigenvalue weighted by molar-refractivity contribution is 5.98. The van der Waals surface area contributed by atoms with Crippen molar-refractivity contribution >= 4 is 35.4 Å². The van der Waals surface area contributed by atoms with Gasteiger partial charge in [0.1, 0.15) is 47.8 Å². The first-order chi connectivity index (χ1) is 26.4. The van der Waals surface area contributed by atoms with Crippen LogP contribution in [0.3, 0.4) is 0 Å². The summed E-state index contributed by atoms with van der Waals surface area (Å²) in [5, 5.41) is 36.8. The molecule has 56 heavy (non-hydrogen) atoms. The summed E-state index contributed by atoms with van der Waals surface area (Å²) in [5.74, 6) is -4.61. The fraction of sp³-hybridized carbons (Fsp3) is 0.571. The monoisotopic (exact) mass is 778 g/mol. The van der Waals surface area contributed by atoms with E-state index in [-0.39, 0.29) is 54.9 Å². The second-order valence-electron chi connectivity index (χ2n) is 16.0. The van der Waals surface area contributed by atoms with Gasteiger partial charge in [0.2, 0.25) is 35.4 Å². The van der Waals surface area contributed by atoms with Gasteiger partial charge in [0, 0.05) is 12.8 Å². The summed E-state index contributed by atoms with van der Waals surface area (Å²) in [4.78, 5) is 84.8. The Morgan fingerprint density at radius 3 is 1.05 bits per heavy atom. The van der Waals surface area contributed by atoms with Crippen molar-refractivity contribution in [2.75, 3.05) is 0 Å². The number of hydrogen-bond donors (Lipinski definition) is 8. The summed E-state index contributed by atoms with van der Waals surface area (Å²) in [6, 6.07) is 5.50. The molecule has 0 spiro atoms. The molecule has 8 N–H and O–H groups in total. The smallest absolute Gasteiger partial charge is 0.243 e. The van der Waals surface area contributed by atoms with E-state index >= 15 is 0 Å². The lowest BCUT2D eigenvalue weighted by molar-refractivity contribution is -0.137. The number of phenols is 2. The highest BCUT2D eigenvalue weighted by atomic mass is 16.3. The number of carbonyl (C=O) groups is 6. The molecule has 1 saturated heterocycles. The maximum atomic E-state index is 14.2. The maximum absolute atomic E-state index is 14.2. The number of rotatable bonds is 12. The molecule has 2 aromatic rings. The van der Waals surface area contributed by atoms with Crippen molar-refractivity contribution in [3.63, 3.8) is 0 Å². The first-order valence-electron chi connectivity index (χ1n) is 19.8. The molecular weight excluding hydrogens is 716 g/mol. The summed E-state index contributed by atoms with van der Waals surface area (Å²) < 4.78 is 0. The number of aromatic hydroxyl groups is 2. The molecule has 1 heterocycles. The summed E-state index contributed by atoms with van der Waals surface area (Å²) in [6.07, 6.45) is 1.40. The maximum Gasteiger partial charge on any atom is 0.243 e. The van der Waals surface area contributed by atoms with E-state index in [0.29, 0.717) is 24.0 Å². The Morgan fingerprint density at radius 2 is 0.732 bits per heavy atom. The van der Waals surface area contributed by atoms with Gasteiger partial charge in [-0.1, -0.05) is 92.5 Å². The van der Waals surface area contributed by atoms with Gasteiger partial charge in [0.15, 0.2) is 0 Å². The molecule has 0 saturated carbocycles. The van der Waals surface area contributed by atoms with Crippen LogP contribution in [0.15, 0.2) is 48.5 Å². The van der Waals surface area contributed by atoms with E-state index in [2.05, 4.69) is 31.9 Å². The topological polar surface area (TPSA) is 215 Å². The zero-order valence-electron chi connectivity index (χ0n) is 34.0. The molecule has 0 radical (unpaired) electrons. The number of amides is 6. The minimum absolute atomic E-state index is 0.00996. The lowest BCUT2D eigenvalue weighted by Gasteiger charge is -2.32. The van der Waals surface area contributed by atoms with E-state index < -0.39 is 77.6 Å². The zero-order valence-corrected chi connectivity index (χ0v) is 34.0. The predicted molar refractivity (Wildman–Crippen MR) is 213 cm³/mol. The average Bonchev–Trinajstić information content (AvgIpc) is 3.14. The summed E-state index contributed by atoms with van der Waals surface area (Å²) in [5.41, 5.74) is 1.22. The Balaban J connectivity index is 2.18. The van der Waals surface area contributed by atoms with Crippen molar-refractivity contribution in [1.82, 2.24) is 31.9 Å². The molecule has 0 aliphatic carbocycles. The normalized spacial score (nSPS) is 24.5. The third kappa shape index (κ3) is 13.6. The molecule has 308 valence electrons. The molecule has 14 heteroatoms. The lowest BCUT2D eigenvalue weighted by atomic mass is 9.94. The molecule has 0 unspecified atom stereocenters. The fourth-order valence-electron chi connectivity index (χ4n) is 6.54. The van der Waals surface area contributed by atoms with Crippen molar-refractivity contribution in [2.24, 2.45) is 23.7 Å². The Labute approximate surface area is 330 Å². The van der Waals surface area contributed by atoms with Crippen LogP contribution in [0.5, 0.6) is 11.5 Å². The number of benzene rings is 2. The molecule has 8 atom stereocenters. The molecule has 1 fully saturated rings. The lowest BCUT2D eigenvalue weighted by Crippen LogP contribution is -2.63. The quantitative estimate of drug-likeness (QED) is 0.160. The van der Waals surface area contributed by atoms with Gasteiger partial charge in [-0.2, -0.15) is 0 Å². The zero-order chi connectivity index (χ0) is 41.7. The third-order valence-electron chi connectivity index (χ3n) is 10.3. The minimum Gasteiger partial charge on any atom is -0.508 e. The largest absolute Gasteiger partial charge is 0.508 e. The fourth-order valence-corrected chi connectivity index (χ4v) is 6.54. The number of phenolic OH excluding ortho intramolecular Hbond substituents is 2. The van der Waals surface area contributed by atoms with Crippen LogP contribution in [0.1, 0.15) is 92.2 Å². The predicted octanol–water partition coefficient (Wildman–Crippen LogP) is 2.99. The average molecular weight is 779 g/mol. The van der Waals surface area contributed by atoms with E-state index in [1.807, 2.05) is 41.5 Å². The van der Waals surface area contributed by atoms with Crippen LogP contribution < -0.4 is 31.9 Å². The van der Waals surface area contributed by atoms with Crippen LogP contribution in [0.25, 0.3) is 0 Å². The van der Waals surface area contributed by atoms with Crippen molar-refractivity contribution < 1.29 is 39.0 Å². The van der Waals surface area contributed by atoms with Crippen LogP contribution in [-0.4, -0.2) is 81.9 Å². The van der Waals surface area contributed by atoms with Crippen LogP contribution in [0, 0.1) is 23.7 Å². The number of carbonyl (C=O) groups excluding carboxylic acids is 6. The van der Waals surface area contributed by atoms with Gasteiger partial charge in [-0.3, -0.25) is 28.8 Å². The van der Waals surface area contributed by atoms with E-state index in [9.17, 15) is 39.0 Å². The molecule has 1 aliphatic rings. The number of hydrogen-bond acceptors (Lipinski definition) is 8. The van der Waals surface area contributed by atoms with Gasteiger partial charge in [0.25, 0.3) is 0 Å². The Morgan fingerprint density at radius 1 is 0.446 bits per heavy atom. The molecule has 0 aromatic heterocycles. The summed E-state index contributed by atoms with van der Waals surface area (Å²) in [6.45, 7) is 14.9. The van der Waals surface area contributed by atoms with Gasteiger partial charge in [-0.15, -0.1) is 0 Å². The summed E-state index contributed by atoms with van der Waals surface area (Å²) in [7, 11) is 0. The Hall–Kier alpha value is -5.14. The molecule has 3 rings (SSSR count). The van der Waals surface area contributed by atoms with Crippen LogP contribution in [0.2, 0.25) is 0 Å². The Bertz CT molecular complexity index is 1650.